The minimum Gasteiger partial charge on any atom is -0.493 e. The van der Waals surface area contributed by atoms with Crippen molar-refractivity contribution < 1.29 is 19.4 Å². The lowest BCUT2D eigenvalue weighted by molar-refractivity contribution is -0.142. The van der Waals surface area contributed by atoms with Crippen LogP contribution in [0, 0.1) is 0 Å². The Morgan fingerprint density at radius 2 is 2.00 bits per heavy atom. The van der Waals surface area contributed by atoms with Gasteiger partial charge in [0.1, 0.15) is 5.72 Å². The molecule has 2 rings (SSSR count). The summed E-state index contributed by atoms with van der Waals surface area (Å²) in [6, 6.07) is 5.68. The van der Waals surface area contributed by atoms with Crippen molar-refractivity contribution >= 4 is 5.91 Å². The van der Waals surface area contributed by atoms with Gasteiger partial charge in [0.15, 0.2) is 11.5 Å². The molecule has 1 aromatic rings. The van der Waals surface area contributed by atoms with E-state index in [9.17, 15) is 9.90 Å². The standard InChI is InChI=1S/C15H21NO4/c1-15(18)8-6-14(17)16(15)9-7-11-4-5-12(19-2)13(10-11)20-3/h4-5,10,18H,6-9H2,1-3H3. The molecule has 1 aliphatic heterocycles. The summed E-state index contributed by atoms with van der Waals surface area (Å²) in [5.74, 6) is 1.36. The van der Waals surface area contributed by atoms with Crippen LogP contribution < -0.4 is 9.47 Å². The predicted molar refractivity (Wildman–Crippen MR) is 74.8 cm³/mol. The Hall–Kier alpha value is -1.75. The molecule has 0 aliphatic carbocycles. The summed E-state index contributed by atoms with van der Waals surface area (Å²) in [4.78, 5) is 13.3. The summed E-state index contributed by atoms with van der Waals surface area (Å²) in [5, 5.41) is 10.1. The second-order valence-electron chi connectivity index (χ2n) is 5.20. The van der Waals surface area contributed by atoms with Gasteiger partial charge in [0, 0.05) is 19.4 Å². The Morgan fingerprint density at radius 1 is 1.30 bits per heavy atom. The number of amides is 1. The SMILES string of the molecule is COc1ccc(CCN2C(=O)CCC2(C)O)cc1OC. The minimum atomic E-state index is -1.02. The van der Waals surface area contributed by atoms with Gasteiger partial charge in [0.2, 0.25) is 5.91 Å². The second-order valence-corrected chi connectivity index (χ2v) is 5.20. The van der Waals surface area contributed by atoms with Crippen LogP contribution in [0.3, 0.4) is 0 Å². The van der Waals surface area contributed by atoms with Crippen LogP contribution in [0.1, 0.15) is 25.3 Å². The fourth-order valence-electron chi connectivity index (χ4n) is 2.52. The third-order valence-corrected chi connectivity index (χ3v) is 3.77. The quantitative estimate of drug-likeness (QED) is 0.889. The van der Waals surface area contributed by atoms with E-state index in [0.717, 1.165) is 5.56 Å². The molecule has 1 aliphatic rings. The van der Waals surface area contributed by atoms with Gasteiger partial charge in [-0.3, -0.25) is 4.79 Å². The Kier molecular flexibility index (Phi) is 4.18. The summed E-state index contributed by atoms with van der Waals surface area (Å²) in [5.41, 5.74) is 0.0198. The first-order chi connectivity index (χ1) is 9.47. The molecule has 110 valence electrons. The maximum absolute atomic E-state index is 11.8. The summed E-state index contributed by atoms with van der Waals surface area (Å²) in [6.45, 7) is 2.19. The maximum Gasteiger partial charge on any atom is 0.224 e. The highest BCUT2D eigenvalue weighted by Crippen LogP contribution is 2.30. The topological polar surface area (TPSA) is 59.0 Å². The van der Waals surface area contributed by atoms with E-state index in [2.05, 4.69) is 0 Å². The molecule has 1 unspecified atom stereocenters. The normalized spacial score (nSPS) is 22.2. The second kappa shape index (κ2) is 5.71. The molecule has 1 N–H and O–H groups in total. The molecule has 0 aromatic heterocycles. The zero-order valence-electron chi connectivity index (χ0n) is 12.2. The minimum absolute atomic E-state index is 0.00970. The molecule has 1 fully saturated rings. The van der Waals surface area contributed by atoms with Crippen LogP contribution in [0.25, 0.3) is 0 Å². The fraction of sp³-hybridized carbons (Fsp3) is 0.533. The van der Waals surface area contributed by atoms with Crippen molar-refractivity contribution in [2.24, 2.45) is 0 Å². The van der Waals surface area contributed by atoms with E-state index in [-0.39, 0.29) is 5.91 Å². The lowest BCUT2D eigenvalue weighted by Crippen LogP contribution is -2.44. The monoisotopic (exact) mass is 279 g/mol. The van der Waals surface area contributed by atoms with Crippen LogP contribution in [0.4, 0.5) is 0 Å². The number of carbonyl (C=O) groups excluding carboxylic acids is 1. The number of methoxy groups -OCH3 is 2. The smallest absolute Gasteiger partial charge is 0.224 e. The van der Waals surface area contributed by atoms with E-state index < -0.39 is 5.72 Å². The number of aliphatic hydroxyl groups is 1. The van der Waals surface area contributed by atoms with E-state index in [1.165, 1.54) is 0 Å². The molecule has 5 nitrogen and oxygen atoms in total. The molecule has 1 atom stereocenters. The third kappa shape index (κ3) is 2.88. The van der Waals surface area contributed by atoms with E-state index >= 15 is 0 Å². The predicted octanol–water partition coefficient (Wildman–Crippen LogP) is 1.58. The molecule has 1 saturated heterocycles. The average Bonchev–Trinajstić information content (AvgIpc) is 2.70. The summed E-state index contributed by atoms with van der Waals surface area (Å²) in [6.07, 6.45) is 1.58. The maximum atomic E-state index is 11.8. The number of benzene rings is 1. The molecular formula is C15H21NO4. The molecule has 0 spiro atoms. The van der Waals surface area contributed by atoms with Crippen molar-refractivity contribution in [3.63, 3.8) is 0 Å². The summed E-state index contributed by atoms with van der Waals surface area (Å²) in [7, 11) is 3.19. The van der Waals surface area contributed by atoms with Crippen molar-refractivity contribution in [3.05, 3.63) is 23.8 Å². The van der Waals surface area contributed by atoms with E-state index in [1.807, 2.05) is 18.2 Å². The number of hydrogen-bond acceptors (Lipinski definition) is 4. The van der Waals surface area contributed by atoms with Gasteiger partial charge in [-0.15, -0.1) is 0 Å². The van der Waals surface area contributed by atoms with Crippen molar-refractivity contribution in [3.8, 4) is 11.5 Å². The number of hydrogen-bond donors (Lipinski definition) is 1. The van der Waals surface area contributed by atoms with Crippen LogP contribution in [0.15, 0.2) is 18.2 Å². The lowest BCUT2D eigenvalue weighted by Gasteiger charge is -2.30. The van der Waals surface area contributed by atoms with Gasteiger partial charge in [0.05, 0.1) is 14.2 Å². The van der Waals surface area contributed by atoms with Gasteiger partial charge in [0.25, 0.3) is 0 Å². The van der Waals surface area contributed by atoms with Crippen LogP contribution in [-0.2, 0) is 11.2 Å². The number of ether oxygens (including phenoxy) is 2. The first-order valence-electron chi connectivity index (χ1n) is 6.71. The molecule has 20 heavy (non-hydrogen) atoms. The summed E-state index contributed by atoms with van der Waals surface area (Å²) < 4.78 is 10.4. The molecule has 0 bridgehead atoms. The molecule has 1 heterocycles. The fourth-order valence-corrected chi connectivity index (χ4v) is 2.52. The Labute approximate surface area is 119 Å². The highest BCUT2D eigenvalue weighted by Gasteiger charge is 2.39. The van der Waals surface area contributed by atoms with Gasteiger partial charge in [-0.25, -0.2) is 0 Å². The van der Waals surface area contributed by atoms with Crippen molar-refractivity contribution in [1.82, 2.24) is 4.90 Å². The van der Waals surface area contributed by atoms with Crippen LogP contribution in [0.5, 0.6) is 11.5 Å². The van der Waals surface area contributed by atoms with Gasteiger partial charge >= 0.3 is 0 Å². The molecule has 0 radical (unpaired) electrons. The Morgan fingerprint density at radius 3 is 2.55 bits per heavy atom. The number of likely N-dealkylation sites (tertiary alicyclic amines) is 1. The van der Waals surface area contributed by atoms with Gasteiger partial charge in [-0.2, -0.15) is 0 Å². The van der Waals surface area contributed by atoms with Crippen molar-refractivity contribution in [2.45, 2.75) is 31.9 Å². The first-order valence-corrected chi connectivity index (χ1v) is 6.71. The van der Waals surface area contributed by atoms with Crippen LogP contribution in [-0.4, -0.2) is 42.4 Å². The highest BCUT2D eigenvalue weighted by molar-refractivity contribution is 5.79. The van der Waals surface area contributed by atoms with E-state index in [0.29, 0.717) is 37.3 Å². The van der Waals surface area contributed by atoms with Crippen LogP contribution in [0.2, 0.25) is 0 Å². The molecule has 5 heteroatoms. The van der Waals surface area contributed by atoms with Crippen LogP contribution >= 0.6 is 0 Å². The molecule has 0 saturated carbocycles. The highest BCUT2D eigenvalue weighted by atomic mass is 16.5. The largest absolute Gasteiger partial charge is 0.493 e. The Bertz CT molecular complexity index is 499. The van der Waals surface area contributed by atoms with E-state index in [1.54, 1.807) is 26.0 Å². The van der Waals surface area contributed by atoms with Crippen molar-refractivity contribution in [1.29, 1.82) is 0 Å². The lowest BCUT2D eigenvalue weighted by atomic mass is 10.1. The van der Waals surface area contributed by atoms with E-state index in [4.69, 9.17) is 9.47 Å². The zero-order chi connectivity index (χ0) is 14.8. The van der Waals surface area contributed by atoms with Gasteiger partial charge < -0.3 is 19.5 Å². The number of nitrogens with zero attached hydrogens (tertiary/aromatic N) is 1. The van der Waals surface area contributed by atoms with Gasteiger partial charge in [-0.1, -0.05) is 6.07 Å². The number of rotatable bonds is 5. The van der Waals surface area contributed by atoms with Crippen molar-refractivity contribution in [2.75, 3.05) is 20.8 Å². The Balaban J connectivity index is 2.06. The summed E-state index contributed by atoms with van der Waals surface area (Å²) >= 11 is 0. The zero-order valence-corrected chi connectivity index (χ0v) is 12.2. The number of carbonyl (C=O) groups is 1. The molecular weight excluding hydrogens is 258 g/mol. The van der Waals surface area contributed by atoms with Gasteiger partial charge in [-0.05, 0) is 31.0 Å². The average molecular weight is 279 g/mol. The first kappa shape index (κ1) is 14.7. The molecule has 1 amide bonds. The third-order valence-electron chi connectivity index (χ3n) is 3.77. The molecule has 1 aromatic carbocycles.